The highest BCUT2D eigenvalue weighted by molar-refractivity contribution is 5.91. The molecule has 4 nitrogen and oxygen atoms in total. The number of carbonyl (C=O) groups is 1. The van der Waals surface area contributed by atoms with Gasteiger partial charge in [-0.3, -0.25) is 4.90 Å². The monoisotopic (exact) mass is 260 g/mol. The summed E-state index contributed by atoms with van der Waals surface area (Å²) in [6.45, 7) is 1.46. The Kier molecular flexibility index (Phi) is 3.32. The van der Waals surface area contributed by atoms with E-state index in [9.17, 15) is 4.79 Å². The van der Waals surface area contributed by atoms with E-state index in [2.05, 4.69) is 0 Å². The fourth-order valence-electron chi connectivity index (χ4n) is 3.10. The molecule has 3 rings (SSSR count). The second-order valence-electron chi connectivity index (χ2n) is 5.49. The van der Waals surface area contributed by atoms with E-state index in [0.29, 0.717) is 5.92 Å². The van der Waals surface area contributed by atoms with Crippen LogP contribution in [0.4, 0.5) is 10.5 Å². The molecule has 4 heteroatoms. The van der Waals surface area contributed by atoms with E-state index in [-0.39, 0.29) is 6.03 Å². The maximum atomic E-state index is 11.7. The van der Waals surface area contributed by atoms with Gasteiger partial charge >= 0.3 is 6.03 Å². The summed E-state index contributed by atoms with van der Waals surface area (Å²) < 4.78 is 5.56. The van der Waals surface area contributed by atoms with Gasteiger partial charge in [-0.25, -0.2) is 4.79 Å². The highest BCUT2D eigenvalue weighted by Crippen LogP contribution is 2.32. The van der Waals surface area contributed by atoms with Crippen molar-refractivity contribution >= 4 is 11.7 Å². The van der Waals surface area contributed by atoms with E-state index in [4.69, 9.17) is 10.5 Å². The number of hydrogen-bond acceptors (Lipinski definition) is 2. The average molecular weight is 260 g/mol. The third kappa shape index (κ3) is 2.53. The fraction of sp³-hybridized carbons (Fsp3) is 0.533. The lowest BCUT2D eigenvalue weighted by Gasteiger charge is -2.24. The number of benzene rings is 1. The average Bonchev–Trinajstić information content (AvgIpc) is 3.05. The summed E-state index contributed by atoms with van der Waals surface area (Å²) in [7, 11) is 0. The minimum absolute atomic E-state index is 0.371. The Morgan fingerprint density at radius 1 is 1.37 bits per heavy atom. The molecule has 1 aromatic carbocycles. The highest BCUT2D eigenvalue weighted by atomic mass is 16.5. The Morgan fingerprint density at radius 3 is 2.89 bits per heavy atom. The van der Waals surface area contributed by atoms with Crippen molar-refractivity contribution in [2.45, 2.75) is 32.1 Å². The molecule has 1 aromatic rings. The molecule has 2 N–H and O–H groups in total. The number of nitrogens with zero attached hydrogens (tertiary/aromatic N) is 1. The summed E-state index contributed by atoms with van der Waals surface area (Å²) >= 11 is 0. The summed E-state index contributed by atoms with van der Waals surface area (Å²) in [6.07, 6.45) is 5.89. The molecule has 2 amide bonds. The van der Waals surface area contributed by atoms with Crippen molar-refractivity contribution in [1.82, 2.24) is 0 Å². The van der Waals surface area contributed by atoms with Gasteiger partial charge < -0.3 is 10.5 Å². The Labute approximate surface area is 113 Å². The molecule has 19 heavy (non-hydrogen) atoms. The first-order chi connectivity index (χ1) is 9.24. The predicted molar refractivity (Wildman–Crippen MR) is 74.5 cm³/mol. The summed E-state index contributed by atoms with van der Waals surface area (Å²) in [5.74, 6) is 1.48. The van der Waals surface area contributed by atoms with Crippen LogP contribution in [-0.2, 0) is 6.42 Å². The molecular weight excluding hydrogens is 240 g/mol. The number of rotatable bonds is 3. The van der Waals surface area contributed by atoms with Gasteiger partial charge in [-0.1, -0.05) is 18.9 Å². The van der Waals surface area contributed by atoms with E-state index in [0.717, 1.165) is 31.0 Å². The first-order valence-electron chi connectivity index (χ1n) is 7.07. The molecule has 0 saturated heterocycles. The second kappa shape index (κ2) is 5.11. The summed E-state index contributed by atoms with van der Waals surface area (Å²) in [5, 5.41) is 0. The van der Waals surface area contributed by atoms with Gasteiger partial charge in [-0.05, 0) is 30.4 Å². The first-order valence-corrected chi connectivity index (χ1v) is 7.07. The van der Waals surface area contributed by atoms with E-state index in [1.54, 1.807) is 4.90 Å². The Balaban J connectivity index is 1.81. The Morgan fingerprint density at radius 2 is 2.16 bits per heavy atom. The van der Waals surface area contributed by atoms with Crippen LogP contribution in [0.1, 0.15) is 31.2 Å². The SMILES string of the molecule is NC(=O)N(CC1CCCC1)c1ccc2c(c1)OCC2. The Hall–Kier alpha value is -1.71. The van der Waals surface area contributed by atoms with Gasteiger partial charge in [0.1, 0.15) is 5.75 Å². The summed E-state index contributed by atoms with van der Waals surface area (Å²) in [6, 6.07) is 5.60. The van der Waals surface area contributed by atoms with Crippen LogP contribution in [0.5, 0.6) is 5.75 Å². The molecule has 1 aliphatic carbocycles. The molecule has 0 bridgehead atoms. The van der Waals surface area contributed by atoms with Crippen molar-refractivity contribution in [3.05, 3.63) is 23.8 Å². The molecule has 0 aromatic heterocycles. The number of primary amides is 1. The van der Waals surface area contributed by atoms with E-state index in [1.807, 2.05) is 18.2 Å². The lowest BCUT2D eigenvalue weighted by molar-refractivity contribution is 0.252. The van der Waals surface area contributed by atoms with Gasteiger partial charge in [0.15, 0.2) is 0 Å². The number of amides is 2. The van der Waals surface area contributed by atoms with Crippen molar-refractivity contribution in [1.29, 1.82) is 0 Å². The number of carbonyl (C=O) groups excluding carboxylic acids is 1. The number of anilines is 1. The van der Waals surface area contributed by atoms with E-state index in [1.165, 1.54) is 31.2 Å². The standard InChI is InChI=1S/C15H20N2O2/c16-15(18)17(10-11-3-1-2-4-11)13-6-5-12-7-8-19-14(12)9-13/h5-6,9,11H,1-4,7-8,10H2,(H2,16,18). The molecule has 1 aliphatic heterocycles. The zero-order chi connectivity index (χ0) is 13.2. The van der Waals surface area contributed by atoms with Crippen molar-refractivity contribution in [2.24, 2.45) is 11.7 Å². The van der Waals surface area contributed by atoms with E-state index >= 15 is 0 Å². The van der Waals surface area contributed by atoms with Gasteiger partial charge in [0.2, 0.25) is 0 Å². The molecule has 1 fully saturated rings. The van der Waals surface area contributed by atoms with Gasteiger partial charge in [-0.2, -0.15) is 0 Å². The molecule has 0 radical (unpaired) electrons. The molecule has 0 atom stereocenters. The molecule has 2 aliphatic rings. The predicted octanol–water partition coefficient (Wildman–Crippen LogP) is 2.70. The molecular formula is C15H20N2O2. The molecule has 1 saturated carbocycles. The van der Waals surface area contributed by atoms with Gasteiger partial charge in [-0.15, -0.1) is 0 Å². The smallest absolute Gasteiger partial charge is 0.319 e. The molecule has 102 valence electrons. The number of fused-ring (bicyclic) bond motifs is 1. The number of hydrogen-bond donors (Lipinski definition) is 1. The second-order valence-corrected chi connectivity index (χ2v) is 5.49. The van der Waals surface area contributed by atoms with Gasteiger partial charge in [0, 0.05) is 24.7 Å². The number of urea groups is 1. The normalized spacial score (nSPS) is 18.1. The zero-order valence-electron chi connectivity index (χ0n) is 11.1. The van der Waals surface area contributed by atoms with Crippen molar-refractivity contribution < 1.29 is 9.53 Å². The minimum Gasteiger partial charge on any atom is -0.493 e. The summed E-state index contributed by atoms with van der Waals surface area (Å²) in [4.78, 5) is 13.4. The van der Waals surface area contributed by atoms with Crippen molar-refractivity contribution in [3.8, 4) is 5.75 Å². The third-order valence-electron chi connectivity index (χ3n) is 4.17. The molecule has 0 unspecified atom stereocenters. The van der Waals surface area contributed by atoms with E-state index < -0.39 is 0 Å². The quantitative estimate of drug-likeness (QED) is 0.908. The van der Waals surface area contributed by atoms with Crippen LogP contribution in [-0.4, -0.2) is 19.2 Å². The zero-order valence-corrected chi connectivity index (χ0v) is 11.1. The van der Waals surface area contributed by atoms with Crippen LogP contribution in [0.25, 0.3) is 0 Å². The molecule has 1 heterocycles. The van der Waals surface area contributed by atoms with Crippen molar-refractivity contribution in [2.75, 3.05) is 18.1 Å². The van der Waals surface area contributed by atoms with Crippen LogP contribution in [0.3, 0.4) is 0 Å². The van der Waals surface area contributed by atoms with Crippen LogP contribution in [0.15, 0.2) is 18.2 Å². The van der Waals surface area contributed by atoms with Crippen LogP contribution < -0.4 is 15.4 Å². The van der Waals surface area contributed by atoms with Crippen LogP contribution in [0.2, 0.25) is 0 Å². The largest absolute Gasteiger partial charge is 0.493 e. The highest BCUT2D eigenvalue weighted by Gasteiger charge is 2.23. The van der Waals surface area contributed by atoms with Crippen LogP contribution >= 0.6 is 0 Å². The first kappa shape index (κ1) is 12.3. The summed E-state index contributed by atoms with van der Waals surface area (Å²) in [5.41, 5.74) is 7.62. The fourth-order valence-corrected chi connectivity index (χ4v) is 3.10. The van der Waals surface area contributed by atoms with Gasteiger partial charge in [0.05, 0.1) is 6.61 Å². The maximum Gasteiger partial charge on any atom is 0.319 e. The van der Waals surface area contributed by atoms with Gasteiger partial charge in [0.25, 0.3) is 0 Å². The van der Waals surface area contributed by atoms with Crippen LogP contribution in [0, 0.1) is 5.92 Å². The lowest BCUT2D eigenvalue weighted by atomic mass is 10.1. The number of nitrogens with two attached hydrogens (primary N) is 1. The topological polar surface area (TPSA) is 55.6 Å². The van der Waals surface area contributed by atoms with Crippen molar-refractivity contribution in [3.63, 3.8) is 0 Å². The maximum absolute atomic E-state index is 11.7. The number of ether oxygens (including phenoxy) is 1. The lowest BCUT2D eigenvalue weighted by Crippen LogP contribution is -2.38. The third-order valence-corrected chi connectivity index (χ3v) is 4.17. The minimum atomic E-state index is -0.371. The Bertz CT molecular complexity index is 481. The molecule has 0 spiro atoms.